The maximum Gasteiger partial charge on any atom is 0.129 e. The molecule has 0 saturated carbocycles. The van der Waals surface area contributed by atoms with Gasteiger partial charge >= 0.3 is 0 Å². The van der Waals surface area contributed by atoms with Crippen LogP contribution in [-0.4, -0.2) is 11.7 Å². The summed E-state index contributed by atoms with van der Waals surface area (Å²) in [6.45, 7) is 2.65. The highest BCUT2D eigenvalue weighted by Crippen LogP contribution is 2.33. The summed E-state index contributed by atoms with van der Waals surface area (Å²) in [5.74, 6) is 1.14. The van der Waals surface area contributed by atoms with Crippen LogP contribution in [0.5, 0.6) is 11.5 Å². The van der Waals surface area contributed by atoms with Crippen molar-refractivity contribution in [2.75, 3.05) is 6.61 Å². The number of halogens is 1. The second-order valence-electron chi connectivity index (χ2n) is 3.62. The summed E-state index contributed by atoms with van der Waals surface area (Å²) < 4.78 is 6.10. The molecule has 0 fully saturated rings. The summed E-state index contributed by atoms with van der Waals surface area (Å²) in [5, 5.41) is 9.43. The van der Waals surface area contributed by atoms with E-state index in [4.69, 9.17) is 4.74 Å². The summed E-state index contributed by atoms with van der Waals surface area (Å²) in [5.41, 5.74) is 0. The van der Waals surface area contributed by atoms with Crippen LogP contribution in [0.3, 0.4) is 0 Å². The molecule has 0 unspecified atom stereocenters. The van der Waals surface area contributed by atoms with Gasteiger partial charge < -0.3 is 9.84 Å². The van der Waals surface area contributed by atoms with Crippen molar-refractivity contribution >= 4 is 27.7 Å². The first-order chi connectivity index (χ1) is 8.69. The second-order valence-corrected chi connectivity index (χ2v) is 5.62. The lowest BCUT2D eigenvalue weighted by molar-refractivity contribution is 0.340. The molecule has 94 valence electrons. The van der Waals surface area contributed by atoms with Crippen molar-refractivity contribution in [1.82, 2.24) is 0 Å². The number of hydrogen-bond donors (Lipinski definition) is 1. The Morgan fingerprint density at radius 3 is 2.39 bits per heavy atom. The highest BCUT2D eigenvalue weighted by molar-refractivity contribution is 9.10. The van der Waals surface area contributed by atoms with Crippen LogP contribution in [0.15, 0.2) is 56.7 Å². The Labute approximate surface area is 119 Å². The van der Waals surface area contributed by atoms with Crippen LogP contribution in [0.4, 0.5) is 0 Å². The molecule has 0 atom stereocenters. The summed E-state index contributed by atoms with van der Waals surface area (Å²) in [6.07, 6.45) is 0. The average molecular weight is 325 g/mol. The zero-order valence-electron chi connectivity index (χ0n) is 9.89. The van der Waals surface area contributed by atoms with Gasteiger partial charge in [0.2, 0.25) is 0 Å². The van der Waals surface area contributed by atoms with Crippen LogP contribution in [-0.2, 0) is 0 Å². The molecule has 0 aromatic heterocycles. The Kier molecular flexibility index (Phi) is 4.55. The van der Waals surface area contributed by atoms with Crippen LogP contribution < -0.4 is 4.74 Å². The molecule has 0 saturated heterocycles. The lowest BCUT2D eigenvalue weighted by Crippen LogP contribution is -1.90. The molecule has 0 radical (unpaired) electrons. The highest BCUT2D eigenvalue weighted by Gasteiger charge is 2.02. The smallest absolute Gasteiger partial charge is 0.129 e. The third kappa shape index (κ3) is 3.43. The van der Waals surface area contributed by atoms with Crippen molar-refractivity contribution in [2.45, 2.75) is 16.7 Å². The summed E-state index contributed by atoms with van der Waals surface area (Å²) in [7, 11) is 0. The quantitative estimate of drug-likeness (QED) is 0.883. The maximum atomic E-state index is 9.43. The monoisotopic (exact) mass is 324 g/mol. The SMILES string of the molecule is CCOc1ccc(Sc2ccc(O)c(Br)c2)cc1. The lowest BCUT2D eigenvalue weighted by Gasteiger charge is -2.06. The minimum absolute atomic E-state index is 0.256. The van der Waals surface area contributed by atoms with Gasteiger partial charge in [0.1, 0.15) is 11.5 Å². The Hall–Kier alpha value is -1.13. The van der Waals surface area contributed by atoms with Gasteiger partial charge in [0.25, 0.3) is 0 Å². The normalized spacial score (nSPS) is 10.3. The van der Waals surface area contributed by atoms with Crippen molar-refractivity contribution in [3.8, 4) is 11.5 Å². The predicted molar refractivity (Wildman–Crippen MR) is 77.5 cm³/mol. The van der Waals surface area contributed by atoms with E-state index in [-0.39, 0.29) is 5.75 Å². The van der Waals surface area contributed by atoms with E-state index in [1.165, 1.54) is 0 Å². The number of aromatic hydroxyl groups is 1. The largest absolute Gasteiger partial charge is 0.507 e. The molecule has 1 N–H and O–H groups in total. The van der Waals surface area contributed by atoms with E-state index in [9.17, 15) is 5.11 Å². The Bertz CT molecular complexity index is 526. The number of rotatable bonds is 4. The highest BCUT2D eigenvalue weighted by atomic mass is 79.9. The van der Waals surface area contributed by atoms with Crippen molar-refractivity contribution in [2.24, 2.45) is 0 Å². The molecule has 2 aromatic carbocycles. The Morgan fingerprint density at radius 2 is 1.78 bits per heavy atom. The van der Waals surface area contributed by atoms with E-state index >= 15 is 0 Å². The van der Waals surface area contributed by atoms with Crippen molar-refractivity contribution in [3.63, 3.8) is 0 Å². The van der Waals surface area contributed by atoms with E-state index in [0.717, 1.165) is 15.5 Å². The molecule has 0 aliphatic rings. The van der Waals surface area contributed by atoms with Crippen LogP contribution in [0.25, 0.3) is 0 Å². The minimum Gasteiger partial charge on any atom is -0.507 e. The number of hydrogen-bond acceptors (Lipinski definition) is 3. The maximum absolute atomic E-state index is 9.43. The summed E-state index contributed by atoms with van der Waals surface area (Å²) >= 11 is 4.95. The molecule has 0 aliphatic heterocycles. The summed E-state index contributed by atoms with van der Waals surface area (Å²) in [4.78, 5) is 2.21. The molecule has 0 amide bonds. The van der Waals surface area contributed by atoms with E-state index in [2.05, 4.69) is 15.9 Å². The number of benzene rings is 2. The fraction of sp³-hybridized carbons (Fsp3) is 0.143. The van der Waals surface area contributed by atoms with Crippen LogP contribution in [0.2, 0.25) is 0 Å². The topological polar surface area (TPSA) is 29.5 Å². The van der Waals surface area contributed by atoms with Crippen molar-refractivity contribution in [1.29, 1.82) is 0 Å². The molecule has 18 heavy (non-hydrogen) atoms. The second kappa shape index (κ2) is 6.16. The first-order valence-electron chi connectivity index (χ1n) is 5.58. The van der Waals surface area contributed by atoms with Crippen LogP contribution in [0, 0.1) is 0 Å². The van der Waals surface area contributed by atoms with Gasteiger partial charge in [-0.05, 0) is 65.3 Å². The Balaban J connectivity index is 2.10. The van der Waals surface area contributed by atoms with Gasteiger partial charge in [0.15, 0.2) is 0 Å². The molecule has 0 bridgehead atoms. The fourth-order valence-electron chi connectivity index (χ4n) is 1.46. The fourth-order valence-corrected chi connectivity index (χ4v) is 2.85. The van der Waals surface area contributed by atoms with Gasteiger partial charge in [0.05, 0.1) is 11.1 Å². The molecule has 2 rings (SSSR count). The van der Waals surface area contributed by atoms with Gasteiger partial charge in [-0.1, -0.05) is 11.8 Å². The molecule has 2 nitrogen and oxygen atoms in total. The lowest BCUT2D eigenvalue weighted by atomic mass is 10.3. The molecule has 0 aliphatic carbocycles. The molecular formula is C14H13BrO2S. The van der Waals surface area contributed by atoms with Gasteiger partial charge in [0, 0.05) is 9.79 Å². The first-order valence-corrected chi connectivity index (χ1v) is 7.19. The molecule has 2 aromatic rings. The number of ether oxygens (including phenoxy) is 1. The first kappa shape index (κ1) is 13.3. The predicted octanol–water partition coefficient (Wildman–Crippen LogP) is 4.70. The minimum atomic E-state index is 0.256. The number of phenolic OH excluding ortho intramolecular Hbond substituents is 1. The van der Waals surface area contributed by atoms with Crippen molar-refractivity contribution < 1.29 is 9.84 Å². The van der Waals surface area contributed by atoms with Gasteiger partial charge in [-0.25, -0.2) is 0 Å². The van der Waals surface area contributed by atoms with Gasteiger partial charge in [-0.15, -0.1) is 0 Å². The van der Waals surface area contributed by atoms with Gasteiger partial charge in [-0.2, -0.15) is 0 Å². The van der Waals surface area contributed by atoms with Gasteiger partial charge in [-0.3, -0.25) is 0 Å². The van der Waals surface area contributed by atoms with E-state index < -0.39 is 0 Å². The van der Waals surface area contributed by atoms with Crippen LogP contribution in [0.1, 0.15) is 6.92 Å². The Morgan fingerprint density at radius 1 is 1.11 bits per heavy atom. The average Bonchev–Trinajstić information content (AvgIpc) is 2.37. The third-order valence-corrected chi connectivity index (χ3v) is 3.92. The molecular weight excluding hydrogens is 312 g/mol. The molecule has 0 spiro atoms. The molecule has 0 heterocycles. The zero-order valence-corrected chi connectivity index (χ0v) is 12.3. The molecule has 4 heteroatoms. The van der Waals surface area contributed by atoms with E-state index in [0.29, 0.717) is 11.1 Å². The zero-order chi connectivity index (χ0) is 13.0. The van der Waals surface area contributed by atoms with E-state index in [1.54, 1.807) is 17.8 Å². The van der Waals surface area contributed by atoms with Crippen LogP contribution >= 0.6 is 27.7 Å². The van der Waals surface area contributed by atoms with Crippen molar-refractivity contribution in [3.05, 3.63) is 46.9 Å². The summed E-state index contributed by atoms with van der Waals surface area (Å²) in [6, 6.07) is 13.4. The van der Waals surface area contributed by atoms with E-state index in [1.807, 2.05) is 43.3 Å². The number of phenols is 1. The standard InChI is InChI=1S/C14H13BrO2S/c1-2-17-10-3-5-11(6-4-10)18-12-7-8-14(16)13(15)9-12/h3-9,16H,2H2,1H3. The third-order valence-electron chi connectivity index (χ3n) is 2.29.